The summed E-state index contributed by atoms with van der Waals surface area (Å²) in [6, 6.07) is 0. The van der Waals surface area contributed by atoms with Gasteiger partial charge in [0.15, 0.2) is 0 Å². The van der Waals surface area contributed by atoms with Gasteiger partial charge in [0.1, 0.15) is 0 Å². The number of halogens is 3. The van der Waals surface area contributed by atoms with Crippen molar-refractivity contribution in [1.29, 1.82) is 0 Å². The van der Waals surface area contributed by atoms with Crippen molar-refractivity contribution in [3.05, 3.63) is 0 Å². The van der Waals surface area contributed by atoms with Crippen LogP contribution in [0.4, 0.5) is 13.2 Å². The molecule has 2 aliphatic rings. The van der Waals surface area contributed by atoms with Crippen molar-refractivity contribution in [1.82, 2.24) is 0 Å². The van der Waals surface area contributed by atoms with E-state index in [4.69, 9.17) is 0 Å². The zero-order valence-electron chi connectivity index (χ0n) is 6.25. The van der Waals surface area contributed by atoms with E-state index in [9.17, 15) is 13.2 Å². The van der Waals surface area contributed by atoms with E-state index in [0.29, 0.717) is 12.8 Å². The van der Waals surface area contributed by atoms with Crippen LogP contribution in [0.2, 0.25) is 0 Å². The van der Waals surface area contributed by atoms with Gasteiger partial charge in [0.05, 0.1) is 5.41 Å². The SMILES string of the molecule is FC(F)(F)C12CCCCC1C2. The Morgan fingerprint density at radius 1 is 1.18 bits per heavy atom. The summed E-state index contributed by atoms with van der Waals surface area (Å²) >= 11 is 0. The molecule has 0 aromatic carbocycles. The minimum atomic E-state index is -3.92. The second-order valence-corrected chi connectivity index (χ2v) is 3.80. The van der Waals surface area contributed by atoms with Gasteiger partial charge in [0.2, 0.25) is 0 Å². The molecule has 0 aromatic rings. The van der Waals surface area contributed by atoms with Crippen LogP contribution < -0.4 is 0 Å². The van der Waals surface area contributed by atoms with Gasteiger partial charge in [-0.25, -0.2) is 0 Å². The van der Waals surface area contributed by atoms with Gasteiger partial charge < -0.3 is 0 Å². The summed E-state index contributed by atoms with van der Waals surface area (Å²) in [4.78, 5) is 0. The standard InChI is InChI=1S/C8H11F3/c9-8(10,11)7-4-2-1-3-6(7)5-7/h6H,1-5H2. The number of alkyl halides is 3. The van der Waals surface area contributed by atoms with E-state index in [0.717, 1.165) is 19.3 Å². The molecule has 0 radical (unpaired) electrons. The van der Waals surface area contributed by atoms with Crippen LogP contribution in [-0.2, 0) is 0 Å². The summed E-state index contributed by atoms with van der Waals surface area (Å²) in [6.07, 6.45) is -0.534. The van der Waals surface area contributed by atoms with Crippen molar-refractivity contribution >= 4 is 0 Å². The number of rotatable bonds is 0. The van der Waals surface area contributed by atoms with Crippen molar-refractivity contribution in [2.75, 3.05) is 0 Å². The molecule has 2 unspecified atom stereocenters. The molecule has 2 aliphatic carbocycles. The Hall–Kier alpha value is -0.210. The minimum Gasteiger partial charge on any atom is -0.170 e. The topological polar surface area (TPSA) is 0 Å². The van der Waals surface area contributed by atoms with Gasteiger partial charge >= 0.3 is 6.18 Å². The van der Waals surface area contributed by atoms with Crippen molar-refractivity contribution in [3.63, 3.8) is 0 Å². The van der Waals surface area contributed by atoms with Crippen molar-refractivity contribution < 1.29 is 13.2 Å². The highest BCUT2D eigenvalue weighted by Gasteiger charge is 2.69. The maximum Gasteiger partial charge on any atom is 0.394 e. The molecular weight excluding hydrogens is 153 g/mol. The smallest absolute Gasteiger partial charge is 0.170 e. The monoisotopic (exact) mass is 164 g/mol. The molecular formula is C8H11F3. The van der Waals surface area contributed by atoms with Crippen molar-refractivity contribution in [3.8, 4) is 0 Å². The lowest BCUT2D eigenvalue weighted by Gasteiger charge is -2.24. The van der Waals surface area contributed by atoms with Gasteiger partial charge in [0.25, 0.3) is 0 Å². The molecule has 0 N–H and O–H groups in total. The highest BCUT2D eigenvalue weighted by molar-refractivity contribution is 5.08. The second-order valence-electron chi connectivity index (χ2n) is 3.80. The van der Waals surface area contributed by atoms with Gasteiger partial charge in [0, 0.05) is 0 Å². The third kappa shape index (κ3) is 0.893. The van der Waals surface area contributed by atoms with Crippen LogP contribution >= 0.6 is 0 Å². The van der Waals surface area contributed by atoms with E-state index in [1.54, 1.807) is 0 Å². The molecule has 3 heteroatoms. The van der Waals surface area contributed by atoms with Gasteiger partial charge in [-0.1, -0.05) is 12.8 Å². The largest absolute Gasteiger partial charge is 0.394 e. The predicted octanol–water partition coefficient (Wildman–Crippen LogP) is 3.13. The second kappa shape index (κ2) is 1.93. The van der Waals surface area contributed by atoms with Crippen molar-refractivity contribution in [2.24, 2.45) is 11.3 Å². The van der Waals surface area contributed by atoms with Crippen LogP contribution in [-0.4, -0.2) is 6.18 Å². The maximum atomic E-state index is 12.4. The Kier molecular flexibility index (Phi) is 1.31. The van der Waals surface area contributed by atoms with E-state index in [-0.39, 0.29) is 5.92 Å². The quantitative estimate of drug-likeness (QED) is 0.516. The summed E-state index contributed by atoms with van der Waals surface area (Å²) in [5.41, 5.74) is -1.22. The number of fused-ring (bicyclic) bond motifs is 1. The Morgan fingerprint density at radius 3 is 2.36 bits per heavy atom. The van der Waals surface area contributed by atoms with Crippen LogP contribution in [0.3, 0.4) is 0 Å². The number of hydrogen-bond donors (Lipinski definition) is 0. The fourth-order valence-corrected chi connectivity index (χ4v) is 2.39. The van der Waals surface area contributed by atoms with Crippen LogP contribution in [0.5, 0.6) is 0 Å². The molecule has 0 saturated heterocycles. The summed E-state index contributed by atoms with van der Waals surface area (Å²) in [5, 5.41) is 0. The van der Waals surface area contributed by atoms with E-state index in [1.807, 2.05) is 0 Å². The average Bonchev–Trinajstić information content (AvgIpc) is 2.59. The first kappa shape index (κ1) is 7.44. The Bertz CT molecular complexity index is 173. The molecule has 0 aliphatic heterocycles. The lowest BCUT2D eigenvalue weighted by molar-refractivity contribution is -0.197. The minimum absolute atomic E-state index is 0.0174. The normalized spacial score (nSPS) is 43.4. The Labute approximate surface area is 63.8 Å². The molecule has 0 aromatic heterocycles. The van der Waals surface area contributed by atoms with Crippen LogP contribution in [0.25, 0.3) is 0 Å². The third-order valence-corrected chi connectivity index (χ3v) is 3.22. The highest BCUT2D eigenvalue weighted by Crippen LogP contribution is 2.68. The van der Waals surface area contributed by atoms with Gasteiger partial charge in [-0.05, 0) is 25.2 Å². The molecule has 2 atom stereocenters. The Morgan fingerprint density at radius 2 is 1.91 bits per heavy atom. The van der Waals surface area contributed by atoms with E-state index < -0.39 is 11.6 Å². The number of hydrogen-bond acceptors (Lipinski definition) is 0. The first-order valence-electron chi connectivity index (χ1n) is 4.13. The average molecular weight is 164 g/mol. The zero-order valence-corrected chi connectivity index (χ0v) is 6.25. The van der Waals surface area contributed by atoms with E-state index >= 15 is 0 Å². The van der Waals surface area contributed by atoms with Gasteiger partial charge in [-0.15, -0.1) is 0 Å². The molecule has 0 amide bonds. The molecule has 64 valence electrons. The lowest BCUT2D eigenvalue weighted by atomic mass is 9.88. The van der Waals surface area contributed by atoms with Crippen LogP contribution in [0, 0.1) is 11.3 Å². The van der Waals surface area contributed by atoms with E-state index in [1.165, 1.54) is 0 Å². The fraction of sp³-hybridized carbons (Fsp3) is 1.00. The first-order valence-corrected chi connectivity index (χ1v) is 4.13. The molecule has 0 heterocycles. The van der Waals surface area contributed by atoms with E-state index in [2.05, 4.69) is 0 Å². The molecule has 2 saturated carbocycles. The van der Waals surface area contributed by atoms with Crippen LogP contribution in [0.15, 0.2) is 0 Å². The fourth-order valence-electron chi connectivity index (χ4n) is 2.39. The third-order valence-electron chi connectivity index (χ3n) is 3.22. The summed E-state index contributed by atoms with van der Waals surface area (Å²) in [5.74, 6) is -0.0174. The molecule has 0 nitrogen and oxygen atoms in total. The molecule has 0 bridgehead atoms. The Balaban J connectivity index is 2.13. The van der Waals surface area contributed by atoms with Gasteiger partial charge in [-0.3, -0.25) is 0 Å². The molecule has 11 heavy (non-hydrogen) atoms. The highest BCUT2D eigenvalue weighted by atomic mass is 19.4. The first-order chi connectivity index (χ1) is 5.06. The van der Waals surface area contributed by atoms with Crippen molar-refractivity contribution in [2.45, 2.75) is 38.3 Å². The summed E-state index contributed by atoms with van der Waals surface area (Å²) in [7, 11) is 0. The van der Waals surface area contributed by atoms with Gasteiger partial charge in [-0.2, -0.15) is 13.2 Å². The zero-order chi connectivity index (χ0) is 8.11. The molecule has 0 spiro atoms. The van der Waals surface area contributed by atoms with Crippen LogP contribution in [0.1, 0.15) is 32.1 Å². The summed E-state index contributed by atoms with van der Waals surface area (Å²) in [6.45, 7) is 0. The maximum absolute atomic E-state index is 12.4. The molecule has 2 rings (SSSR count). The lowest BCUT2D eigenvalue weighted by Crippen LogP contribution is -2.28. The summed E-state index contributed by atoms with van der Waals surface area (Å²) < 4.78 is 37.1. The predicted molar refractivity (Wildman–Crippen MR) is 35.1 cm³/mol. The molecule has 2 fully saturated rings.